The Morgan fingerprint density at radius 1 is 1.25 bits per heavy atom. The van der Waals surface area contributed by atoms with Crippen LogP contribution in [-0.4, -0.2) is 47.7 Å². The van der Waals surface area contributed by atoms with Crippen molar-refractivity contribution < 1.29 is 31.9 Å². The largest absolute Gasteiger partial charge is 0.463 e. The van der Waals surface area contributed by atoms with Crippen LogP contribution in [0.5, 0.6) is 0 Å². The summed E-state index contributed by atoms with van der Waals surface area (Å²) in [6.07, 6.45) is -5.94. The van der Waals surface area contributed by atoms with Gasteiger partial charge in [0.2, 0.25) is 0 Å². The van der Waals surface area contributed by atoms with Crippen LogP contribution in [0.4, 0.5) is 22.0 Å². The molecule has 0 saturated heterocycles. The summed E-state index contributed by atoms with van der Waals surface area (Å²) in [7, 11) is 0. The number of aliphatic hydroxyl groups is 1. The van der Waals surface area contributed by atoms with Gasteiger partial charge in [-0.1, -0.05) is 0 Å². The van der Waals surface area contributed by atoms with Crippen LogP contribution in [0.25, 0.3) is 0 Å². The molecule has 0 atom stereocenters. The molecule has 0 aliphatic heterocycles. The fourth-order valence-corrected chi connectivity index (χ4v) is 0.985. The molecule has 0 spiro atoms. The molecule has 0 unspecified atom stereocenters. The highest BCUT2D eigenvalue weighted by atomic mass is 19.4. The molecule has 1 N–H and O–H groups in total. The lowest BCUT2D eigenvalue weighted by atomic mass is 10.2. The summed E-state index contributed by atoms with van der Waals surface area (Å²) in [5.41, 5.74) is 0. The quantitative estimate of drug-likeness (QED) is 0.748. The van der Waals surface area contributed by atoms with Crippen molar-refractivity contribution in [1.82, 2.24) is 4.90 Å². The summed E-state index contributed by atoms with van der Waals surface area (Å²) in [5, 5.41) is 8.41. The average molecular weight is 249 g/mol. The molecular weight excluding hydrogens is 237 g/mol. The third-order valence-electron chi connectivity index (χ3n) is 1.88. The van der Waals surface area contributed by atoms with Crippen molar-refractivity contribution in [2.24, 2.45) is 0 Å². The number of carbonyl (C=O) groups is 1. The zero-order valence-corrected chi connectivity index (χ0v) is 8.52. The first-order valence-corrected chi connectivity index (χ1v) is 4.53. The Morgan fingerprint density at radius 3 is 2.06 bits per heavy atom. The molecule has 0 aromatic heterocycles. The van der Waals surface area contributed by atoms with Crippen molar-refractivity contribution in [3.63, 3.8) is 0 Å². The highest BCUT2D eigenvalue weighted by Crippen LogP contribution is 2.36. The SMILES string of the molecule is CCN(CCCO)C(=O)C(F)(F)C(F)(F)F. The van der Waals surface area contributed by atoms with Crippen molar-refractivity contribution in [1.29, 1.82) is 0 Å². The highest BCUT2D eigenvalue weighted by Gasteiger charge is 2.64. The number of nitrogens with zero attached hydrogens (tertiary/aromatic N) is 1. The molecule has 0 aliphatic carbocycles. The van der Waals surface area contributed by atoms with Crippen molar-refractivity contribution in [3.05, 3.63) is 0 Å². The fraction of sp³-hybridized carbons (Fsp3) is 0.875. The van der Waals surface area contributed by atoms with E-state index in [0.29, 0.717) is 4.90 Å². The van der Waals surface area contributed by atoms with Gasteiger partial charge in [-0.25, -0.2) is 0 Å². The smallest absolute Gasteiger partial charge is 0.396 e. The summed E-state index contributed by atoms with van der Waals surface area (Å²) in [6, 6.07) is 0. The minimum Gasteiger partial charge on any atom is -0.396 e. The summed E-state index contributed by atoms with van der Waals surface area (Å²) >= 11 is 0. The van der Waals surface area contributed by atoms with Gasteiger partial charge >= 0.3 is 18.0 Å². The summed E-state index contributed by atoms with van der Waals surface area (Å²) in [5.74, 6) is -7.66. The Bertz CT molecular complexity index is 241. The zero-order chi connectivity index (χ0) is 13.0. The van der Waals surface area contributed by atoms with Gasteiger partial charge in [0.1, 0.15) is 0 Å². The van der Waals surface area contributed by atoms with Crippen LogP contribution < -0.4 is 0 Å². The number of hydrogen-bond acceptors (Lipinski definition) is 2. The predicted octanol–water partition coefficient (Wildman–Crippen LogP) is 1.41. The maximum absolute atomic E-state index is 12.6. The minimum atomic E-state index is -5.89. The molecule has 96 valence electrons. The molecule has 0 bridgehead atoms. The van der Waals surface area contributed by atoms with Crippen LogP contribution in [0.15, 0.2) is 0 Å². The monoisotopic (exact) mass is 249 g/mol. The van der Waals surface area contributed by atoms with E-state index in [1.165, 1.54) is 6.92 Å². The number of alkyl halides is 5. The van der Waals surface area contributed by atoms with Crippen LogP contribution in [-0.2, 0) is 4.79 Å². The van der Waals surface area contributed by atoms with Crippen LogP contribution in [0.1, 0.15) is 13.3 Å². The molecule has 0 aromatic carbocycles. The van der Waals surface area contributed by atoms with E-state index in [0.717, 1.165) is 0 Å². The van der Waals surface area contributed by atoms with Crippen LogP contribution in [0, 0.1) is 0 Å². The Kier molecular flexibility index (Phi) is 5.11. The summed E-state index contributed by atoms with van der Waals surface area (Å²) < 4.78 is 60.8. The van der Waals surface area contributed by atoms with E-state index < -0.39 is 18.0 Å². The third kappa shape index (κ3) is 3.29. The lowest BCUT2D eigenvalue weighted by Gasteiger charge is -2.26. The lowest BCUT2D eigenvalue weighted by Crippen LogP contribution is -2.52. The molecule has 0 aliphatic rings. The van der Waals surface area contributed by atoms with Crippen LogP contribution in [0.2, 0.25) is 0 Å². The average Bonchev–Trinajstić information content (AvgIpc) is 2.16. The Labute approximate surface area is 88.8 Å². The van der Waals surface area contributed by atoms with Gasteiger partial charge in [-0.05, 0) is 13.3 Å². The van der Waals surface area contributed by atoms with Gasteiger partial charge in [0, 0.05) is 19.7 Å². The van der Waals surface area contributed by atoms with Crippen LogP contribution in [0.3, 0.4) is 0 Å². The van der Waals surface area contributed by atoms with Gasteiger partial charge in [-0.3, -0.25) is 4.79 Å². The molecule has 0 aromatic rings. The molecule has 3 nitrogen and oxygen atoms in total. The van der Waals surface area contributed by atoms with Crippen molar-refractivity contribution in [2.45, 2.75) is 25.4 Å². The first kappa shape index (κ1) is 15.1. The van der Waals surface area contributed by atoms with Crippen molar-refractivity contribution in [3.8, 4) is 0 Å². The van der Waals surface area contributed by atoms with Gasteiger partial charge in [-0.15, -0.1) is 0 Å². The van der Waals surface area contributed by atoms with Gasteiger partial charge in [-0.2, -0.15) is 22.0 Å². The first-order chi connectivity index (χ1) is 7.18. The minimum absolute atomic E-state index is 0.0481. The second kappa shape index (κ2) is 5.42. The third-order valence-corrected chi connectivity index (χ3v) is 1.88. The molecule has 0 radical (unpaired) electrons. The van der Waals surface area contributed by atoms with E-state index in [4.69, 9.17) is 5.11 Å². The number of carbonyl (C=O) groups excluding carboxylic acids is 1. The van der Waals surface area contributed by atoms with Crippen molar-refractivity contribution in [2.75, 3.05) is 19.7 Å². The number of aliphatic hydroxyl groups excluding tert-OH is 1. The van der Waals surface area contributed by atoms with E-state index in [9.17, 15) is 26.7 Å². The maximum atomic E-state index is 12.6. The van der Waals surface area contributed by atoms with Gasteiger partial charge in [0.15, 0.2) is 0 Å². The molecule has 1 amide bonds. The summed E-state index contributed by atoms with van der Waals surface area (Å²) in [4.78, 5) is 11.3. The molecule has 0 heterocycles. The van der Waals surface area contributed by atoms with E-state index in [1.807, 2.05) is 0 Å². The van der Waals surface area contributed by atoms with Crippen molar-refractivity contribution >= 4 is 5.91 Å². The Morgan fingerprint density at radius 2 is 1.75 bits per heavy atom. The number of amides is 1. The highest BCUT2D eigenvalue weighted by molar-refractivity contribution is 5.84. The lowest BCUT2D eigenvalue weighted by molar-refractivity contribution is -0.274. The molecular formula is C8H12F5NO2. The molecule has 0 saturated carbocycles. The normalized spacial score (nSPS) is 12.7. The second-order valence-corrected chi connectivity index (χ2v) is 3.03. The maximum Gasteiger partial charge on any atom is 0.463 e. The number of halogens is 5. The molecule has 0 fully saturated rings. The Hall–Kier alpha value is -0.920. The van der Waals surface area contributed by atoms with Gasteiger partial charge < -0.3 is 10.0 Å². The van der Waals surface area contributed by atoms with E-state index >= 15 is 0 Å². The van der Waals surface area contributed by atoms with Gasteiger partial charge in [0.05, 0.1) is 0 Å². The number of rotatable bonds is 5. The summed E-state index contributed by atoms with van der Waals surface area (Å²) in [6.45, 7) is 0.283. The molecule has 0 rings (SSSR count). The van der Waals surface area contributed by atoms with Crippen LogP contribution >= 0.6 is 0 Å². The Balaban J connectivity index is 4.74. The fourth-order valence-electron chi connectivity index (χ4n) is 0.985. The predicted molar refractivity (Wildman–Crippen MR) is 45.0 cm³/mol. The first-order valence-electron chi connectivity index (χ1n) is 4.53. The van der Waals surface area contributed by atoms with E-state index in [1.54, 1.807) is 0 Å². The number of hydrogen-bond donors (Lipinski definition) is 1. The molecule has 16 heavy (non-hydrogen) atoms. The van der Waals surface area contributed by atoms with E-state index in [-0.39, 0.29) is 26.1 Å². The molecule has 8 heteroatoms. The van der Waals surface area contributed by atoms with Gasteiger partial charge in [0.25, 0.3) is 0 Å². The topological polar surface area (TPSA) is 40.5 Å². The standard InChI is InChI=1S/C8H12F5NO2/c1-2-14(4-3-5-15)6(16)7(9,10)8(11,12)13/h15H,2-5H2,1H3. The zero-order valence-electron chi connectivity index (χ0n) is 8.52. The second-order valence-electron chi connectivity index (χ2n) is 3.03. The van der Waals surface area contributed by atoms with E-state index in [2.05, 4.69) is 0 Å².